The lowest BCUT2D eigenvalue weighted by Crippen LogP contribution is -2.38. The molecule has 5 nitrogen and oxygen atoms in total. The lowest BCUT2D eigenvalue weighted by Gasteiger charge is -2.24. The largest absolute Gasteiger partial charge is 0.342 e. The minimum Gasteiger partial charge on any atom is -0.342 e. The number of carbonyl (C=O) groups is 2. The third kappa shape index (κ3) is 2.86. The Hall–Kier alpha value is -2.40. The first kappa shape index (κ1) is 17.0. The number of anilines is 1. The van der Waals surface area contributed by atoms with Gasteiger partial charge in [-0.1, -0.05) is 43.3 Å². The Morgan fingerprint density at radius 3 is 2.77 bits per heavy atom. The first-order chi connectivity index (χ1) is 12.5. The summed E-state index contributed by atoms with van der Waals surface area (Å²) in [6.45, 7) is 4.61. The van der Waals surface area contributed by atoms with Gasteiger partial charge in [-0.3, -0.25) is 9.59 Å². The molecule has 2 atom stereocenters. The molecule has 0 bridgehead atoms. The number of amides is 2. The number of hydrogen-bond donors (Lipinski definition) is 1. The molecule has 4 rings (SSSR count). The van der Waals surface area contributed by atoms with E-state index in [-0.39, 0.29) is 29.6 Å². The van der Waals surface area contributed by atoms with E-state index in [2.05, 4.69) is 6.92 Å². The zero-order valence-electron chi connectivity index (χ0n) is 15.1. The topological polar surface area (TPSA) is 66.6 Å². The van der Waals surface area contributed by atoms with Crippen molar-refractivity contribution in [3.63, 3.8) is 0 Å². The van der Waals surface area contributed by atoms with Gasteiger partial charge in [0.1, 0.15) is 0 Å². The summed E-state index contributed by atoms with van der Waals surface area (Å²) in [7, 11) is 0. The van der Waals surface area contributed by atoms with Gasteiger partial charge in [0.25, 0.3) is 0 Å². The van der Waals surface area contributed by atoms with Crippen molar-refractivity contribution < 1.29 is 9.59 Å². The maximum Gasteiger partial charge on any atom is 0.228 e. The van der Waals surface area contributed by atoms with E-state index in [0.717, 1.165) is 29.4 Å². The highest BCUT2D eigenvalue weighted by atomic mass is 16.2. The number of hydrogen-bond acceptors (Lipinski definition) is 3. The highest BCUT2D eigenvalue weighted by molar-refractivity contribution is 6.07. The second-order valence-corrected chi connectivity index (χ2v) is 7.93. The molecule has 2 amide bonds. The second kappa shape index (κ2) is 6.40. The van der Waals surface area contributed by atoms with Gasteiger partial charge < -0.3 is 15.5 Å². The first-order valence-corrected chi connectivity index (χ1v) is 9.28. The molecule has 2 fully saturated rings. The summed E-state index contributed by atoms with van der Waals surface area (Å²) in [5.41, 5.74) is 6.76. The van der Waals surface area contributed by atoms with Crippen LogP contribution >= 0.6 is 0 Å². The Bertz CT molecular complexity index is 860. The molecule has 0 aliphatic carbocycles. The molecule has 2 unspecified atom stereocenters. The molecule has 5 heteroatoms. The van der Waals surface area contributed by atoms with Crippen molar-refractivity contribution in [3.8, 4) is 0 Å². The Kier molecular flexibility index (Phi) is 4.19. The number of benzene rings is 2. The van der Waals surface area contributed by atoms with Crippen LogP contribution in [-0.4, -0.2) is 42.9 Å². The Labute approximate surface area is 153 Å². The SMILES string of the molecule is CC1(CN)CCN(C(=O)C2CC(=O)N(c3cccc4ccccc34)C2)C1. The molecule has 26 heavy (non-hydrogen) atoms. The highest BCUT2D eigenvalue weighted by Crippen LogP contribution is 2.34. The smallest absolute Gasteiger partial charge is 0.228 e. The van der Waals surface area contributed by atoms with E-state index in [1.807, 2.05) is 47.4 Å². The summed E-state index contributed by atoms with van der Waals surface area (Å²) >= 11 is 0. The quantitative estimate of drug-likeness (QED) is 0.923. The molecule has 0 saturated carbocycles. The standard InChI is InChI=1S/C21H25N3O2/c1-21(13-22)9-10-23(14-21)20(26)16-11-19(25)24(12-16)18-8-4-6-15-5-2-3-7-17(15)18/h2-8,16H,9-14,22H2,1H3. The van der Waals surface area contributed by atoms with Crippen LogP contribution < -0.4 is 10.6 Å². The van der Waals surface area contributed by atoms with Crippen molar-refractivity contribution in [3.05, 3.63) is 42.5 Å². The molecular formula is C21H25N3O2. The molecule has 2 aliphatic heterocycles. The van der Waals surface area contributed by atoms with Gasteiger partial charge in [0.2, 0.25) is 11.8 Å². The van der Waals surface area contributed by atoms with Crippen molar-refractivity contribution in [1.29, 1.82) is 0 Å². The van der Waals surface area contributed by atoms with Crippen LogP contribution in [0.25, 0.3) is 10.8 Å². The van der Waals surface area contributed by atoms with Crippen LogP contribution in [0.4, 0.5) is 5.69 Å². The normalized spacial score (nSPS) is 26.1. The summed E-state index contributed by atoms with van der Waals surface area (Å²) in [6, 6.07) is 14.0. The van der Waals surface area contributed by atoms with Crippen molar-refractivity contribution in [2.45, 2.75) is 19.8 Å². The third-order valence-electron chi connectivity index (χ3n) is 5.89. The molecule has 2 aromatic carbocycles. The Balaban J connectivity index is 1.55. The van der Waals surface area contributed by atoms with Crippen LogP contribution in [-0.2, 0) is 9.59 Å². The Morgan fingerprint density at radius 2 is 2.00 bits per heavy atom. The molecule has 2 aliphatic rings. The van der Waals surface area contributed by atoms with Crippen LogP contribution in [0.1, 0.15) is 19.8 Å². The van der Waals surface area contributed by atoms with Crippen LogP contribution in [0.2, 0.25) is 0 Å². The summed E-state index contributed by atoms with van der Waals surface area (Å²) in [5, 5.41) is 2.15. The van der Waals surface area contributed by atoms with Gasteiger partial charge >= 0.3 is 0 Å². The van der Waals surface area contributed by atoms with Gasteiger partial charge in [0.15, 0.2) is 0 Å². The fourth-order valence-electron chi connectivity index (χ4n) is 4.19. The van der Waals surface area contributed by atoms with E-state index in [1.54, 1.807) is 4.90 Å². The van der Waals surface area contributed by atoms with E-state index in [1.165, 1.54) is 0 Å². The molecule has 0 aromatic heterocycles. The summed E-state index contributed by atoms with van der Waals surface area (Å²) in [6.07, 6.45) is 1.22. The lowest BCUT2D eigenvalue weighted by atomic mass is 9.90. The zero-order chi connectivity index (χ0) is 18.3. The monoisotopic (exact) mass is 351 g/mol. The first-order valence-electron chi connectivity index (χ1n) is 9.28. The number of rotatable bonds is 3. The summed E-state index contributed by atoms with van der Waals surface area (Å²) < 4.78 is 0. The van der Waals surface area contributed by atoms with Crippen LogP contribution in [0.3, 0.4) is 0 Å². The molecular weight excluding hydrogens is 326 g/mol. The number of nitrogens with two attached hydrogens (primary N) is 1. The number of fused-ring (bicyclic) bond motifs is 1. The fourth-order valence-corrected chi connectivity index (χ4v) is 4.19. The maximum atomic E-state index is 12.9. The number of nitrogens with zero attached hydrogens (tertiary/aromatic N) is 2. The second-order valence-electron chi connectivity index (χ2n) is 7.93. The highest BCUT2D eigenvalue weighted by Gasteiger charge is 2.41. The lowest BCUT2D eigenvalue weighted by molar-refractivity contribution is -0.135. The molecule has 2 heterocycles. The van der Waals surface area contributed by atoms with E-state index in [4.69, 9.17) is 5.73 Å². The van der Waals surface area contributed by atoms with E-state index < -0.39 is 0 Å². The summed E-state index contributed by atoms with van der Waals surface area (Å²) in [4.78, 5) is 29.3. The molecule has 0 spiro atoms. The third-order valence-corrected chi connectivity index (χ3v) is 5.89. The fraction of sp³-hybridized carbons (Fsp3) is 0.429. The molecule has 2 aromatic rings. The van der Waals surface area contributed by atoms with Crippen molar-refractivity contribution in [1.82, 2.24) is 4.90 Å². The van der Waals surface area contributed by atoms with Crippen molar-refractivity contribution in [2.75, 3.05) is 31.1 Å². The average molecular weight is 351 g/mol. The van der Waals surface area contributed by atoms with Crippen molar-refractivity contribution in [2.24, 2.45) is 17.1 Å². The van der Waals surface area contributed by atoms with Gasteiger partial charge in [-0.2, -0.15) is 0 Å². The van der Waals surface area contributed by atoms with Crippen LogP contribution in [0.15, 0.2) is 42.5 Å². The number of likely N-dealkylation sites (tertiary alicyclic amines) is 1. The van der Waals surface area contributed by atoms with Gasteiger partial charge in [-0.25, -0.2) is 0 Å². The van der Waals surface area contributed by atoms with Gasteiger partial charge in [0.05, 0.1) is 11.6 Å². The molecule has 0 radical (unpaired) electrons. The van der Waals surface area contributed by atoms with Gasteiger partial charge in [-0.15, -0.1) is 0 Å². The summed E-state index contributed by atoms with van der Waals surface area (Å²) in [5.74, 6) is -0.139. The van der Waals surface area contributed by atoms with E-state index in [9.17, 15) is 9.59 Å². The van der Waals surface area contributed by atoms with E-state index >= 15 is 0 Å². The predicted molar refractivity (Wildman–Crippen MR) is 103 cm³/mol. The van der Waals surface area contributed by atoms with Crippen LogP contribution in [0.5, 0.6) is 0 Å². The maximum absolute atomic E-state index is 12.9. The van der Waals surface area contributed by atoms with E-state index in [0.29, 0.717) is 19.6 Å². The minimum atomic E-state index is -0.262. The molecule has 136 valence electrons. The van der Waals surface area contributed by atoms with Crippen LogP contribution in [0, 0.1) is 11.3 Å². The number of carbonyl (C=O) groups excluding carboxylic acids is 2. The zero-order valence-corrected chi connectivity index (χ0v) is 15.1. The molecule has 2 N–H and O–H groups in total. The molecule has 2 saturated heterocycles. The predicted octanol–water partition coefficient (Wildman–Crippen LogP) is 2.39. The van der Waals surface area contributed by atoms with Crippen molar-refractivity contribution >= 4 is 28.3 Å². The minimum absolute atomic E-state index is 0.00753. The Morgan fingerprint density at radius 1 is 1.23 bits per heavy atom. The van der Waals surface area contributed by atoms with Gasteiger partial charge in [-0.05, 0) is 29.8 Å². The van der Waals surface area contributed by atoms with Gasteiger partial charge in [0, 0.05) is 31.4 Å². The average Bonchev–Trinajstić information content (AvgIpc) is 3.24.